The summed E-state index contributed by atoms with van der Waals surface area (Å²) in [4.78, 5) is 33.0. The van der Waals surface area contributed by atoms with Crippen LogP contribution in [0.25, 0.3) is 0 Å². The Kier molecular flexibility index (Phi) is 6.08. The minimum Gasteiger partial charge on any atom is -0.449 e. The Balaban J connectivity index is 4.17. The van der Waals surface area contributed by atoms with Gasteiger partial charge in [-0.2, -0.15) is 0 Å². The third kappa shape index (κ3) is 5.66. The Morgan fingerprint density at radius 2 is 1.87 bits per heavy atom. The van der Waals surface area contributed by atoms with E-state index in [1.807, 2.05) is 0 Å². The van der Waals surface area contributed by atoms with E-state index in [4.69, 9.17) is 0 Å². The molecule has 1 N–H and O–H groups in total. The van der Waals surface area contributed by atoms with Crippen molar-refractivity contribution in [3.05, 3.63) is 0 Å². The van der Waals surface area contributed by atoms with E-state index in [-0.39, 0.29) is 25.4 Å². The highest BCUT2D eigenvalue weighted by atomic mass is 16.6. The molecule has 0 aliphatic rings. The largest absolute Gasteiger partial charge is 0.449 e. The van der Waals surface area contributed by atoms with Gasteiger partial charge in [0, 0.05) is 6.54 Å². The van der Waals surface area contributed by atoms with Crippen LogP contribution < -0.4 is 5.43 Å². The van der Waals surface area contributed by atoms with Crippen molar-refractivity contribution in [1.29, 1.82) is 0 Å². The van der Waals surface area contributed by atoms with Crippen LogP contribution in [-0.4, -0.2) is 35.9 Å². The minimum atomic E-state index is -0.698. The van der Waals surface area contributed by atoms with Gasteiger partial charge in [0.1, 0.15) is 5.78 Å². The number of Topliss-reactive ketones (excluding diaryl/α,β-unsaturated/α-hetero) is 1. The topological polar surface area (TPSA) is 75.7 Å². The highest BCUT2D eigenvalue weighted by Crippen LogP contribution is 1.92. The lowest BCUT2D eigenvalue weighted by atomic mass is 10.3. The van der Waals surface area contributed by atoms with Crippen LogP contribution in [0.3, 0.4) is 0 Å². The SMILES string of the molecule is CCOC(=O)NN(CC)C(=O)CC(C)=O. The summed E-state index contributed by atoms with van der Waals surface area (Å²) in [5.41, 5.74) is 2.24. The third-order valence-corrected chi connectivity index (χ3v) is 1.52. The van der Waals surface area contributed by atoms with Crippen molar-refractivity contribution in [2.45, 2.75) is 27.2 Å². The molecule has 86 valence electrons. The van der Waals surface area contributed by atoms with Crippen LogP contribution in [0.15, 0.2) is 0 Å². The number of amides is 2. The summed E-state index contributed by atoms with van der Waals surface area (Å²) < 4.78 is 4.60. The summed E-state index contributed by atoms with van der Waals surface area (Å²) in [6.07, 6.45) is -0.920. The van der Waals surface area contributed by atoms with Crippen LogP contribution >= 0.6 is 0 Å². The molecule has 2 amide bonds. The molecule has 0 fully saturated rings. The summed E-state index contributed by atoms with van der Waals surface area (Å²) in [6, 6.07) is 0. The zero-order valence-corrected chi connectivity index (χ0v) is 9.20. The van der Waals surface area contributed by atoms with Crippen LogP contribution in [0.2, 0.25) is 0 Å². The Labute approximate surface area is 88.5 Å². The van der Waals surface area contributed by atoms with Crippen LogP contribution in [0.1, 0.15) is 27.2 Å². The molecule has 15 heavy (non-hydrogen) atoms. The average molecular weight is 216 g/mol. The maximum Gasteiger partial charge on any atom is 0.426 e. The van der Waals surface area contributed by atoms with Crippen LogP contribution in [0.5, 0.6) is 0 Å². The molecule has 0 bridgehead atoms. The smallest absolute Gasteiger partial charge is 0.426 e. The van der Waals surface area contributed by atoms with E-state index >= 15 is 0 Å². The molecule has 0 saturated heterocycles. The quantitative estimate of drug-likeness (QED) is 0.547. The normalized spacial score (nSPS) is 9.27. The van der Waals surface area contributed by atoms with Crippen molar-refractivity contribution in [3.8, 4) is 0 Å². The van der Waals surface area contributed by atoms with E-state index in [0.29, 0.717) is 0 Å². The van der Waals surface area contributed by atoms with Gasteiger partial charge in [0.25, 0.3) is 0 Å². The van der Waals surface area contributed by atoms with Gasteiger partial charge in [0.05, 0.1) is 13.0 Å². The molecular weight excluding hydrogens is 200 g/mol. The van der Waals surface area contributed by atoms with Crippen molar-refractivity contribution >= 4 is 17.8 Å². The minimum absolute atomic E-state index is 0.222. The number of hydrogen-bond acceptors (Lipinski definition) is 4. The average Bonchev–Trinajstić information content (AvgIpc) is 2.13. The van der Waals surface area contributed by atoms with Crippen LogP contribution in [0.4, 0.5) is 4.79 Å². The first-order chi connectivity index (χ1) is 7.01. The van der Waals surface area contributed by atoms with Gasteiger partial charge in [0.2, 0.25) is 5.91 Å². The Morgan fingerprint density at radius 3 is 2.27 bits per heavy atom. The number of hydrazine groups is 1. The maximum atomic E-state index is 11.4. The van der Waals surface area contributed by atoms with Gasteiger partial charge in [-0.1, -0.05) is 0 Å². The molecule has 0 heterocycles. The van der Waals surface area contributed by atoms with E-state index in [9.17, 15) is 14.4 Å². The van der Waals surface area contributed by atoms with E-state index < -0.39 is 12.0 Å². The lowest BCUT2D eigenvalue weighted by Gasteiger charge is -2.20. The van der Waals surface area contributed by atoms with Crippen LogP contribution in [-0.2, 0) is 14.3 Å². The molecule has 0 radical (unpaired) electrons. The first-order valence-corrected chi connectivity index (χ1v) is 4.74. The number of ketones is 1. The van der Waals surface area contributed by atoms with Crippen molar-refractivity contribution in [1.82, 2.24) is 10.4 Å². The molecule has 0 aliphatic heterocycles. The molecule has 0 spiro atoms. The lowest BCUT2D eigenvalue weighted by Crippen LogP contribution is -2.46. The monoisotopic (exact) mass is 216 g/mol. The molecule has 0 saturated carbocycles. The molecular formula is C9H16N2O4. The molecule has 0 aromatic carbocycles. The number of hydrogen-bond donors (Lipinski definition) is 1. The molecule has 0 aromatic heterocycles. The number of nitrogens with one attached hydrogen (secondary N) is 1. The number of ether oxygens (including phenoxy) is 1. The number of carbonyl (C=O) groups excluding carboxylic acids is 3. The van der Waals surface area contributed by atoms with Crippen molar-refractivity contribution in [3.63, 3.8) is 0 Å². The number of nitrogens with zero attached hydrogens (tertiary/aromatic N) is 1. The standard InChI is InChI=1S/C9H16N2O4/c1-4-11(8(13)6-7(3)12)10-9(14)15-5-2/h4-6H2,1-3H3,(H,10,14). The van der Waals surface area contributed by atoms with Crippen molar-refractivity contribution in [2.24, 2.45) is 0 Å². The lowest BCUT2D eigenvalue weighted by molar-refractivity contribution is -0.136. The summed E-state index contributed by atoms with van der Waals surface area (Å²) >= 11 is 0. The van der Waals surface area contributed by atoms with Gasteiger partial charge in [0.15, 0.2) is 0 Å². The van der Waals surface area contributed by atoms with Gasteiger partial charge < -0.3 is 4.74 Å². The summed E-state index contributed by atoms with van der Waals surface area (Å²) in [5.74, 6) is -0.692. The third-order valence-electron chi connectivity index (χ3n) is 1.52. The maximum absolute atomic E-state index is 11.4. The van der Waals surface area contributed by atoms with E-state index in [2.05, 4.69) is 10.2 Å². The van der Waals surface area contributed by atoms with Gasteiger partial charge in [-0.15, -0.1) is 0 Å². The summed E-state index contributed by atoms with van der Waals surface area (Å²) in [5, 5.41) is 1.05. The molecule has 0 aliphatic carbocycles. The highest BCUT2D eigenvalue weighted by molar-refractivity contribution is 5.97. The second-order valence-electron chi connectivity index (χ2n) is 2.85. The predicted octanol–water partition coefficient (Wildman–Crippen LogP) is 0.475. The molecule has 6 nitrogen and oxygen atoms in total. The van der Waals surface area contributed by atoms with Gasteiger partial charge in [-0.05, 0) is 20.8 Å². The second-order valence-corrected chi connectivity index (χ2v) is 2.85. The molecule has 0 aromatic rings. The Morgan fingerprint density at radius 1 is 1.27 bits per heavy atom. The number of rotatable bonds is 4. The van der Waals surface area contributed by atoms with Crippen LogP contribution in [0, 0.1) is 0 Å². The second kappa shape index (κ2) is 6.80. The molecule has 0 atom stereocenters. The first-order valence-electron chi connectivity index (χ1n) is 4.74. The van der Waals surface area contributed by atoms with Gasteiger partial charge in [-0.3, -0.25) is 14.6 Å². The number of carbonyl (C=O) groups is 3. The van der Waals surface area contributed by atoms with E-state index in [0.717, 1.165) is 5.01 Å². The van der Waals surface area contributed by atoms with E-state index in [1.165, 1.54) is 6.92 Å². The fourth-order valence-electron chi connectivity index (χ4n) is 0.900. The highest BCUT2D eigenvalue weighted by Gasteiger charge is 2.16. The van der Waals surface area contributed by atoms with Gasteiger partial charge >= 0.3 is 6.09 Å². The van der Waals surface area contributed by atoms with Crippen molar-refractivity contribution in [2.75, 3.05) is 13.2 Å². The Hall–Kier alpha value is -1.59. The fourth-order valence-corrected chi connectivity index (χ4v) is 0.900. The fraction of sp³-hybridized carbons (Fsp3) is 0.667. The molecule has 6 heteroatoms. The van der Waals surface area contributed by atoms with Crippen molar-refractivity contribution < 1.29 is 19.1 Å². The van der Waals surface area contributed by atoms with Gasteiger partial charge in [-0.25, -0.2) is 10.2 Å². The van der Waals surface area contributed by atoms with E-state index in [1.54, 1.807) is 13.8 Å². The summed E-state index contributed by atoms with van der Waals surface area (Å²) in [6.45, 7) is 5.17. The molecule has 0 rings (SSSR count). The predicted molar refractivity (Wildman–Crippen MR) is 52.8 cm³/mol. The zero-order valence-electron chi connectivity index (χ0n) is 9.20. The first kappa shape index (κ1) is 13.4. The Bertz CT molecular complexity index is 252. The zero-order chi connectivity index (χ0) is 11.8. The molecule has 0 unspecified atom stereocenters. The summed E-state index contributed by atoms with van der Waals surface area (Å²) in [7, 11) is 0.